The van der Waals surface area contributed by atoms with Gasteiger partial charge in [-0.3, -0.25) is 0 Å². The van der Waals surface area contributed by atoms with Gasteiger partial charge >= 0.3 is 5.97 Å². The Bertz CT molecular complexity index is 621. The SMILES string of the molecule is O=C(O)c1cc(Br)cc(OC/C=C/c2ccccc2)c1. The van der Waals surface area contributed by atoms with Gasteiger partial charge in [-0.05, 0) is 29.8 Å². The molecule has 3 nitrogen and oxygen atoms in total. The maximum Gasteiger partial charge on any atom is 0.335 e. The van der Waals surface area contributed by atoms with E-state index in [1.165, 1.54) is 12.1 Å². The van der Waals surface area contributed by atoms with Crippen molar-refractivity contribution in [1.29, 1.82) is 0 Å². The molecule has 0 amide bonds. The highest BCUT2D eigenvalue weighted by Gasteiger charge is 2.06. The third-order valence-corrected chi connectivity index (χ3v) is 3.03. The van der Waals surface area contributed by atoms with E-state index in [2.05, 4.69) is 15.9 Å². The van der Waals surface area contributed by atoms with E-state index in [9.17, 15) is 4.79 Å². The Hall–Kier alpha value is -2.07. The van der Waals surface area contributed by atoms with Gasteiger partial charge in [-0.1, -0.05) is 52.3 Å². The fourth-order valence-electron chi connectivity index (χ4n) is 1.66. The summed E-state index contributed by atoms with van der Waals surface area (Å²) < 4.78 is 6.20. The highest BCUT2D eigenvalue weighted by atomic mass is 79.9. The molecule has 0 spiro atoms. The molecule has 0 atom stereocenters. The van der Waals surface area contributed by atoms with Crippen LogP contribution in [0.2, 0.25) is 0 Å². The van der Waals surface area contributed by atoms with Gasteiger partial charge in [0, 0.05) is 4.47 Å². The molecule has 102 valence electrons. The van der Waals surface area contributed by atoms with Gasteiger partial charge in [0.05, 0.1) is 5.56 Å². The summed E-state index contributed by atoms with van der Waals surface area (Å²) in [6.07, 6.45) is 3.84. The van der Waals surface area contributed by atoms with Crippen LogP contribution in [0.15, 0.2) is 59.1 Å². The first-order chi connectivity index (χ1) is 9.65. The number of aromatic carboxylic acids is 1. The van der Waals surface area contributed by atoms with Gasteiger partial charge in [0.2, 0.25) is 0 Å². The first-order valence-corrected chi connectivity index (χ1v) is 6.83. The normalized spacial score (nSPS) is 10.7. The molecule has 0 bridgehead atoms. The van der Waals surface area contributed by atoms with Crippen LogP contribution in [0.5, 0.6) is 5.75 Å². The zero-order valence-corrected chi connectivity index (χ0v) is 12.2. The highest BCUT2D eigenvalue weighted by molar-refractivity contribution is 9.10. The van der Waals surface area contributed by atoms with E-state index in [4.69, 9.17) is 9.84 Å². The summed E-state index contributed by atoms with van der Waals surface area (Å²) in [5, 5.41) is 8.96. The smallest absolute Gasteiger partial charge is 0.335 e. The zero-order valence-electron chi connectivity index (χ0n) is 10.6. The largest absolute Gasteiger partial charge is 0.489 e. The highest BCUT2D eigenvalue weighted by Crippen LogP contribution is 2.21. The molecule has 0 saturated carbocycles. The minimum Gasteiger partial charge on any atom is -0.489 e. The average molecular weight is 333 g/mol. The monoisotopic (exact) mass is 332 g/mol. The second-order valence-corrected chi connectivity index (χ2v) is 5.02. The van der Waals surface area contributed by atoms with Crippen LogP contribution >= 0.6 is 15.9 Å². The fraction of sp³-hybridized carbons (Fsp3) is 0.0625. The molecule has 0 unspecified atom stereocenters. The van der Waals surface area contributed by atoms with Crippen molar-refractivity contribution >= 4 is 28.0 Å². The Morgan fingerprint density at radius 1 is 1.20 bits per heavy atom. The first kappa shape index (κ1) is 14.3. The molecule has 0 aliphatic rings. The van der Waals surface area contributed by atoms with Crippen LogP contribution in [0.3, 0.4) is 0 Å². The molecule has 0 heterocycles. The van der Waals surface area contributed by atoms with Gasteiger partial charge in [0.1, 0.15) is 12.4 Å². The van der Waals surface area contributed by atoms with E-state index in [1.807, 2.05) is 42.5 Å². The van der Waals surface area contributed by atoms with Crippen LogP contribution < -0.4 is 4.74 Å². The lowest BCUT2D eigenvalue weighted by Crippen LogP contribution is -1.99. The van der Waals surface area contributed by atoms with Gasteiger partial charge in [-0.15, -0.1) is 0 Å². The molecule has 0 saturated heterocycles. The van der Waals surface area contributed by atoms with Crippen molar-refractivity contribution in [2.75, 3.05) is 6.61 Å². The van der Waals surface area contributed by atoms with Gasteiger partial charge < -0.3 is 9.84 Å². The average Bonchev–Trinajstić information content (AvgIpc) is 2.44. The molecule has 0 radical (unpaired) electrons. The topological polar surface area (TPSA) is 46.5 Å². The third-order valence-electron chi connectivity index (χ3n) is 2.57. The lowest BCUT2D eigenvalue weighted by atomic mass is 10.2. The Morgan fingerprint density at radius 3 is 2.65 bits per heavy atom. The summed E-state index contributed by atoms with van der Waals surface area (Å²) in [6, 6.07) is 14.7. The minimum absolute atomic E-state index is 0.196. The number of ether oxygens (including phenoxy) is 1. The molecular formula is C16H13BrO3. The number of carbonyl (C=O) groups is 1. The fourth-order valence-corrected chi connectivity index (χ4v) is 2.13. The molecule has 2 rings (SSSR count). The minimum atomic E-state index is -0.976. The van der Waals surface area contributed by atoms with Crippen LogP contribution in [0.1, 0.15) is 15.9 Å². The van der Waals surface area contributed by atoms with Crippen molar-refractivity contribution in [1.82, 2.24) is 0 Å². The van der Waals surface area contributed by atoms with Crippen LogP contribution in [-0.4, -0.2) is 17.7 Å². The van der Waals surface area contributed by atoms with Gasteiger partial charge in [0.15, 0.2) is 0 Å². The quantitative estimate of drug-likeness (QED) is 0.890. The Labute approximate surface area is 125 Å². The zero-order chi connectivity index (χ0) is 14.4. The van der Waals surface area contributed by atoms with Crippen molar-refractivity contribution in [2.45, 2.75) is 0 Å². The number of carboxylic acids is 1. The van der Waals surface area contributed by atoms with Crippen molar-refractivity contribution < 1.29 is 14.6 Å². The van der Waals surface area contributed by atoms with Gasteiger partial charge in [0.25, 0.3) is 0 Å². The molecule has 0 aliphatic heterocycles. The molecule has 2 aromatic rings. The summed E-state index contributed by atoms with van der Waals surface area (Å²) >= 11 is 3.27. The van der Waals surface area contributed by atoms with E-state index in [0.717, 1.165) is 5.56 Å². The van der Waals surface area contributed by atoms with Gasteiger partial charge in [-0.2, -0.15) is 0 Å². The van der Waals surface area contributed by atoms with Crippen molar-refractivity contribution in [3.63, 3.8) is 0 Å². The Kier molecular flexibility index (Phi) is 4.96. The number of rotatable bonds is 5. The molecule has 1 N–H and O–H groups in total. The number of hydrogen-bond acceptors (Lipinski definition) is 2. The second kappa shape index (κ2) is 6.91. The van der Waals surface area contributed by atoms with E-state index in [-0.39, 0.29) is 5.56 Å². The number of benzene rings is 2. The Morgan fingerprint density at radius 2 is 1.95 bits per heavy atom. The lowest BCUT2D eigenvalue weighted by Gasteiger charge is -2.05. The summed E-state index contributed by atoms with van der Waals surface area (Å²) in [4.78, 5) is 10.9. The summed E-state index contributed by atoms with van der Waals surface area (Å²) in [5.74, 6) is -0.453. The van der Waals surface area contributed by atoms with Crippen LogP contribution in [0.4, 0.5) is 0 Å². The summed E-state index contributed by atoms with van der Waals surface area (Å²) in [5.41, 5.74) is 1.29. The Balaban J connectivity index is 1.97. The second-order valence-electron chi connectivity index (χ2n) is 4.10. The van der Waals surface area contributed by atoms with Crippen LogP contribution in [-0.2, 0) is 0 Å². The number of hydrogen-bond donors (Lipinski definition) is 1. The standard InChI is InChI=1S/C16H13BrO3/c17-14-9-13(16(18)19)10-15(11-14)20-8-4-7-12-5-2-1-3-6-12/h1-7,9-11H,8H2,(H,18,19)/b7-4+. The lowest BCUT2D eigenvalue weighted by molar-refractivity contribution is 0.0696. The van der Waals surface area contributed by atoms with Crippen LogP contribution in [0.25, 0.3) is 6.08 Å². The third kappa shape index (κ3) is 4.24. The van der Waals surface area contributed by atoms with Gasteiger partial charge in [-0.25, -0.2) is 4.79 Å². The summed E-state index contributed by atoms with van der Waals surface area (Å²) in [7, 11) is 0. The maximum atomic E-state index is 10.9. The molecule has 20 heavy (non-hydrogen) atoms. The first-order valence-electron chi connectivity index (χ1n) is 6.03. The number of halogens is 1. The molecule has 0 aliphatic carbocycles. The van der Waals surface area contributed by atoms with E-state index >= 15 is 0 Å². The predicted octanol–water partition coefficient (Wildman–Crippen LogP) is 4.24. The van der Waals surface area contributed by atoms with Crippen molar-refractivity contribution in [3.8, 4) is 5.75 Å². The van der Waals surface area contributed by atoms with E-state index in [0.29, 0.717) is 16.8 Å². The molecule has 0 aromatic heterocycles. The van der Waals surface area contributed by atoms with E-state index in [1.54, 1.807) is 6.07 Å². The molecule has 4 heteroatoms. The molecular weight excluding hydrogens is 320 g/mol. The van der Waals surface area contributed by atoms with E-state index < -0.39 is 5.97 Å². The van der Waals surface area contributed by atoms with Crippen molar-refractivity contribution in [3.05, 3.63) is 70.2 Å². The molecule has 0 fully saturated rings. The predicted molar refractivity (Wildman–Crippen MR) is 82.1 cm³/mol. The summed E-state index contributed by atoms with van der Waals surface area (Å²) in [6.45, 7) is 0.379. The maximum absolute atomic E-state index is 10.9. The van der Waals surface area contributed by atoms with Crippen molar-refractivity contribution in [2.24, 2.45) is 0 Å². The van der Waals surface area contributed by atoms with Crippen LogP contribution in [0, 0.1) is 0 Å². The number of carboxylic acid groups (broad SMARTS) is 1. The molecule has 2 aromatic carbocycles.